The zero-order valence-corrected chi connectivity index (χ0v) is 15.8. The van der Waals surface area contributed by atoms with Gasteiger partial charge in [0.05, 0.1) is 24.9 Å². The predicted molar refractivity (Wildman–Crippen MR) is 94.4 cm³/mol. The van der Waals surface area contributed by atoms with E-state index in [4.69, 9.17) is 4.74 Å². The third-order valence-corrected chi connectivity index (χ3v) is 4.18. The SMILES string of the molecule is C[C@H]1OCCN[C@@H]1C(=O)NCc1nc(C(C)(C)C)cs1.Cl.Cl. The van der Waals surface area contributed by atoms with E-state index in [2.05, 4.69) is 41.8 Å². The van der Waals surface area contributed by atoms with E-state index in [-0.39, 0.29) is 48.3 Å². The van der Waals surface area contributed by atoms with Gasteiger partial charge in [0.1, 0.15) is 11.0 Å². The molecular weight excluding hydrogens is 345 g/mol. The Balaban J connectivity index is 0.00000220. The summed E-state index contributed by atoms with van der Waals surface area (Å²) in [5.74, 6) is -0.0234. The molecule has 0 unspecified atom stereocenters. The molecule has 1 aromatic heterocycles. The van der Waals surface area contributed by atoms with Crippen molar-refractivity contribution >= 4 is 42.1 Å². The average molecular weight is 370 g/mol. The molecule has 1 aliphatic rings. The second-order valence-electron chi connectivity index (χ2n) is 6.10. The number of hydrogen-bond donors (Lipinski definition) is 2. The molecule has 5 nitrogen and oxygen atoms in total. The Bertz CT molecular complexity index is 477. The fraction of sp³-hybridized carbons (Fsp3) is 0.714. The second-order valence-corrected chi connectivity index (χ2v) is 7.04. The molecule has 0 spiro atoms. The van der Waals surface area contributed by atoms with Gasteiger partial charge < -0.3 is 15.4 Å². The van der Waals surface area contributed by atoms with Crippen LogP contribution in [0, 0.1) is 0 Å². The normalized spacial score (nSPS) is 21.5. The van der Waals surface area contributed by atoms with Gasteiger partial charge in [-0.3, -0.25) is 4.79 Å². The number of aromatic nitrogens is 1. The van der Waals surface area contributed by atoms with Gasteiger partial charge in [0.15, 0.2) is 0 Å². The minimum absolute atomic E-state index is 0. The Kier molecular flexibility index (Phi) is 8.87. The summed E-state index contributed by atoms with van der Waals surface area (Å²) < 4.78 is 5.48. The number of ether oxygens (including phenoxy) is 1. The van der Waals surface area contributed by atoms with Crippen LogP contribution in [0.25, 0.3) is 0 Å². The third-order valence-electron chi connectivity index (χ3n) is 3.33. The van der Waals surface area contributed by atoms with Crippen molar-refractivity contribution in [1.29, 1.82) is 0 Å². The number of morpholine rings is 1. The summed E-state index contributed by atoms with van der Waals surface area (Å²) in [7, 11) is 0. The van der Waals surface area contributed by atoms with Crippen molar-refractivity contribution in [2.45, 2.75) is 51.8 Å². The lowest BCUT2D eigenvalue weighted by Crippen LogP contribution is -2.55. The Morgan fingerprint density at radius 2 is 2.18 bits per heavy atom. The van der Waals surface area contributed by atoms with Gasteiger partial charge in [-0.2, -0.15) is 0 Å². The van der Waals surface area contributed by atoms with Crippen LogP contribution in [0.1, 0.15) is 38.4 Å². The molecule has 2 heterocycles. The molecule has 8 heteroatoms. The highest BCUT2D eigenvalue weighted by Gasteiger charge is 2.28. The van der Waals surface area contributed by atoms with Gasteiger partial charge in [0.2, 0.25) is 5.91 Å². The summed E-state index contributed by atoms with van der Waals surface area (Å²) in [6.07, 6.45) is -0.0924. The van der Waals surface area contributed by atoms with Gasteiger partial charge in [0.25, 0.3) is 0 Å². The van der Waals surface area contributed by atoms with Crippen LogP contribution in [0.3, 0.4) is 0 Å². The molecule has 1 aliphatic heterocycles. The maximum absolute atomic E-state index is 12.1. The van der Waals surface area contributed by atoms with Crippen molar-refractivity contribution in [3.63, 3.8) is 0 Å². The molecule has 2 N–H and O–H groups in total. The molecule has 2 rings (SSSR count). The topological polar surface area (TPSA) is 63.2 Å². The van der Waals surface area contributed by atoms with Crippen molar-refractivity contribution in [2.75, 3.05) is 13.2 Å². The third kappa shape index (κ3) is 5.66. The summed E-state index contributed by atoms with van der Waals surface area (Å²) in [6, 6.07) is -0.272. The van der Waals surface area contributed by atoms with Crippen LogP contribution >= 0.6 is 36.2 Å². The van der Waals surface area contributed by atoms with E-state index in [1.807, 2.05) is 6.92 Å². The lowest BCUT2D eigenvalue weighted by atomic mass is 9.93. The molecular formula is C14H25Cl2N3O2S. The number of thiazole rings is 1. The number of carbonyl (C=O) groups excluding carboxylic acids is 1. The van der Waals surface area contributed by atoms with E-state index < -0.39 is 0 Å². The van der Waals surface area contributed by atoms with E-state index in [1.54, 1.807) is 11.3 Å². The number of rotatable bonds is 3. The van der Waals surface area contributed by atoms with Gasteiger partial charge in [-0.15, -0.1) is 36.2 Å². The quantitative estimate of drug-likeness (QED) is 0.857. The summed E-state index contributed by atoms with van der Waals surface area (Å²) in [5, 5.41) is 9.11. The summed E-state index contributed by atoms with van der Waals surface area (Å²) in [5.41, 5.74) is 1.12. The van der Waals surface area contributed by atoms with E-state index in [9.17, 15) is 4.79 Å². The Hall–Kier alpha value is -0.400. The molecule has 0 bridgehead atoms. The molecule has 0 saturated carbocycles. The number of hydrogen-bond acceptors (Lipinski definition) is 5. The maximum Gasteiger partial charge on any atom is 0.240 e. The van der Waals surface area contributed by atoms with Crippen LogP contribution in [-0.2, 0) is 21.5 Å². The molecule has 1 amide bonds. The van der Waals surface area contributed by atoms with Crippen molar-refractivity contribution < 1.29 is 9.53 Å². The van der Waals surface area contributed by atoms with E-state index in [0.29, 0.717) is 19.7 Å². The maximum atomic E-state index is 12.1. The largest absolute Gasteiger partial charge is 0.375 e. The predicted octanol–water partition coefficient (Wildman–Crippen LogP) is 2.28. The Morgan fingerprint density at radius 3 is 2.73 bits per heavy atom. The van der Waals surface area contributed by atoms with E-state index in [0.717, 1.165) is 10.7 Å². The minimum atomic E-state index is -0.272. The highest BCUT2D eigenvalue weighted by Crippen LogP contribution is 2.23. The lowest BCUT2D eigenvalue weighted by Gasteiger charge is -2.29. The number of nitrogens with one attached hydrogen (secondary N) is 2. The fourth-order valence-electron chi connectivity index (χ4n) is 2.04. The molecule has 128 valence electrons. The van der Waals surface area contributed by atoms with Crippen LogP contribution in [0.15, 0.2) is 5.38 Å². The van der Waals surface area contributed by atoms with Crippen molar-refractivity contribution in [3.8, 4) is 0 Å². The fourth-order valence-corrected chi connectivity index (χ4v) is 3.00. The van der Waals surface area contributed by atoms with Crippen LogP contribution < -0.4 is 10.6 Å². The number of nitrogens with zero attached hydrogens (tertiary/aromatic N) is 1. The van der Waals surface area contributed by atoms with Gasteiger partial charge in [-0.05, 0) is 6.92 Å². The molecule has 1 aromatic rings. The van der Waals surface area contributed by atoms with Crippen LogP contribution in [-0.4, -0.2) is 36.2 Å². The first-order valence-electron chi connectivity index (χ1n) is 6.95. The Morgan fingerprint density at radius 1 is 1.50 bits per heavy atom. The summed E-state index contributed by atoms with van der Waals surface area (Å²) in [4.78, 5) is 16.7. The number of amides is 1. The molecule has 22 heavy (non-hydrogen) atoms. The van der Waals surface area contributed by atoms with Crippen LogP contribution in [0.4, 0.5) is 0 Å². The standard InChI is InChI=1S/C14H23N3O2S.2ClH/c1-9-12(15-5-6-19-9)13(18)16-7-11-17-10(8-20-11)14(2,3)4;;/h8-9,12,15H,5-7H2,1-4H3,(H,16,18);2*1H/t9-,12+;;/m1../s1. The van der Waals surface area contributed by atoms with Crippen LogP contribution in [0.5, 0.6) is 0 Å². The molecule has 1 saturated heterocycles. The van der Waals surface area contributed by atoms with Gasteiger partial charge >= 0.3 is 0 Å². The minimum Gasteiger partial charge on any atom is -0.375 e. The molecule has 0 radical (unpaired) electrons. The monoisotopic (exact) mass is 369 g/mol. The van der Waals surface area contributed by atoms with Gasteiger partial charge in [0, 0.05) is 17.3 Å². The summed E-state index contributed by atoms with van der Waals surface area (Å²) >= 11 is 1.59. The van der Waals surface area contributed by atoms with Crippen molar-refractivity contribution in [2.24, 2.45) is 0 Å². The van der Waals surface area contributed by atoms with Gasteiger partial charge in [-0.1, -0.05) is 20.8 Å². The highest BCUT2D eigenvalue weighted by atomic mass is 35.5. The van der Waals surface area contributed by atoms with Crippen molar-refractivity contribution in [3.05, 3.63) is 16.1 Å². The highest BCUT2D eigenvalue weighted by molar-refractivity contribution is 7.09. The molecule has 1 fully saturated rings. The van der Waals surface area contributed by atoms with Crippen LogP contribution in [0.2, 0.25) is 0 Å². The summed E-state index contributed by atoms with van der Waals surface area (Å²) in [6.45, 7) is 10.2. The second kappa shape index (κ2) is 9.03. The first kappa shape index (κ1) is 21.6. The lowest BCUT2D eigenvalue weighted by molar-refractivity contribution is -0.129. The smallest absolute Gasteiger partial charge is 0.240 e. The molecule has 0 aliphatic carbocycles. The number of carbonyl (C=O) groups is 1. The van der Waals surface area contributed by atoms with E-state index in [1.165, 1.54) is 0 Å². The zero-order valence-electron chi connectivity index (χ0n) is 13.3. The average Bonchev–Trinajstić information content (AvgIpc) is 2.85. The number of halogens is 2. The molecule has 0 aromatic carbocycles. The first-order valence-corrected chi connectivity index (χ1v) is 7.83. The zero-order chi connectivity index (χ0) is 14.8. The van der Waals surface area contributed by atoms with E-state index >= 15 is 0 Å². The Labute approximate surface area is 148 Å². The van der Waals surface area contributed by atoms with Crippen molar-refractivity contribution in [1.82, 2.24) is 15.6 Å². The first-order chi connectivity index (χ1) is 9.38. The molecule has 2 atom stereocenters. The van der Waals surface area contributed by atoms with Gasteiger partial charge in [-0.25, -0.2) is 4.98 Å².